The number of primary amides is 1. The average Bonchev–Trinajstić information content (AvgIpc) is 2.77. The fourth-order valence-electron chi connectivity index (χ4n) is 1.95. The number of benzene rings is 1. The number of esters is 1. The Hall–Kier alpha value is -2.97. The van der Waals surface area contributed by atoms with Gasteiger partial charge in [-0.1, -0.05) is 0 Å². The summed E-state index contributed by atoms with van der Waals surface area (Å²) in [7, 11) is 0. The number of rotatable bonds is 4. The van der Waals surface area contributed by atoms with Gasteiger partial charge in [0.1, 0.15) is 11.5 Å². The van der Waals surface area contributed by atoms with Gasteiger partial charge in [-0.2, -0.15) is 0 Å². The topological polar surface area (TPSA) is 112 Å². The highest BCUT2D eigenvalue weighted by molar-refractivity contribution is 6.11. The Bertz CT molecular complexity index is 815. The second-order valence-corrected chi connectivity index (χ2v) is 4.68. The summed E-state index contributed by atoms with van der Waals surface area (Å²) in [6, 6.07) is 1.43. The van der Waals surface area contributed by atoms with E-state index in [0.717, 1.165) is 13.0 Å². The normalized spacial score (nSPS) is 12.0. The van der Waals surface area contributed by atoms with Crippen LogP contribution in [0.25, 0.3) is 11.0 Å². The van der Waals surface area contributed by atoms with Gasteiger partial charge in [-0.3, -0.25) is 14.4 Å². The fourth-order valence-corrected chi connectivity index (χ4v) is 1.95. The van der Waals surface area contributed by atoms with E-state index in [-0.39, 0.29) is 11.1 Å². The monoisotopic (exact) mass is 326 g/mol. The number of fused-ring (bicyclic) bond motifs is 1. The summed E-state index contributed by atoms with van der Waals surface area (Å²) in [6.45, 7) is 2.39. The number of ether oxygens (including phenoxy) is 1. The zero-order valence-corrected chi connectivity index (χ0v) is 12.1. The second kappa shape index (κ2) is 6.03. The summed E-state index contributed by atoms with van der Waals surface area (Å²) in [6.07, 6.45) is -1.20. The minimum atomic E-state index is -1.20. The lowest BCUT2D eigenvalue weighted by atomic mass is 10.2. The van der Waals surface area contributed by atoms with E-state index in [9.17, 15) is 23.2 Å². The van der Waals surface area contributed by atoms with Crippen LogP contribution in [0.3, 0.4) is 0 Å². The van der Waals surface area contributed by atoms with Crippen molar-refractivity contribution < 1.29 is 32.3 Å². The number of nitrogens with two attached hydrogens (primary N) is 1. The number of nitrogens with one attached hydrogen (secondary N) is 1. The Morgan fingerprint density at radius 3 is 2.52 bits per heavy atom. The van der Waals surface area contributed by atoms with E-state index in [2.05, 4.69) is 10.1 Å². The molecular weight excluding hydrogens is 314 g/mol. The molecule has 9 heteroatoms. The average molecular weight is 326 g/mol. The molecule has 1 heterocycles. The molecule has 122 valence electrons. The van der Waals surface area contributed by atoms with E-state index < -0.39 is 46.9 Å². The van der Waals surface area contributed by atoms with Crippen molar-refractivity contribution in [3.05, 3.63) is 29.5 Å². The Kier molecular flexibility index (Phi) is 4.30. The quantitative estimate of drug-likeness (QED) is 0.831. The van der Waals surface area contributed by atoms with Gasteiger partial charge in [0.15, 0.2) is 17.5 Å². The summed E-state index contributed by atoms with van der Waals surface area (Å²) in [5.74, 6) is -5.15. The van der Waals surface area contributed by atoms with E-state index >= 15 is 0 Å². The number of carbonyl (C=O) groups excluding carboxylic acids is 3. The van der Waals surface area contributed by atoms with Crippen LogP contribution in [-0.2, 0) is 14.3 Å². The third-order valence-electron chi connectivity index (χ3n) is 2.89. The maximum absolute atomic E-state index is 13.7. The van der Waals surface area contributed by atoms with Crippen LogP contribution in [-0.4, -0.2) is 23.9 Å². The summed E-state index contributed by atoms with van der Waals surface area (Å²) < 4.78 is 36.7. The molecule has 2 rings (SSSR count). The van der Waals surface area contributed by atoms with Crippen molar-refractivity contribution in [3.63, 3.8) is 0 Å². The molecule has 3 N–H and O–H groups in total. The van der Waals surface area contributed by atoms with Crippen molar-refractivity contribution in [1.82, 2.24) is 0 Å². The van der Waals surface area contributed by atoms with Crippen LogP contribution in [0.4, 0.5) is 14.5 Å². The molecule has 0 radical (unpaired) electrons. The number of carbonyl (C=O) groups is 3. The molecule has 0 aliphatic heterocycles. The van der Waals surface area contributed by atoms with E-state index in [1.54, 1.807) is 0 Å². The van der Waals surface area contributed by atoms with Crippen molar-refractivity contribution in [2.45, 2.75) is 20.0 Å². The molecule has 0 spiro atoms. The zero-order chi connectivity index (χ0) is 17.3. The molecule has 7 nitrogen and oxygen atoms in total. The van der Waals surface area contributed by atoms with Crippen LogP contribution < -0.4 is 11.1 Å². The molecule has 0 saturated heterocycles. The highest BCUT2D eigenvalue weighted by Crippen LogP contribution is 2.33. The van der Waals surface area contributed by atoms with Gasteiger partial charge < -0.3 is 20.2 Å². The van der Waals surface area contributed by atoms with Gasteiger partial charge in [0.05, 0.1) is 5.39 Å². The molecule has 0 aliphatic rings. The van der Waals surface area contributed by atoms with Crippen molar-refractivity contribution >= 4 is 34.4 Å². The molecule has 0 bridgehead atoms. The number of furan rings is 1. The predicted molar refractivity (Wildman–Crippen MR) is 74.5 cm³/mol. The highest BCUT2D eigenvalue weighted by Gasteiger charge is 2.25. The smallest absolute Gasteiger partial charge is 0.303 e. The van der Waals surface area contributed by atoms with Gasteiger partial charge in [-0.05, 0) is 13.0 Å². The minimum absolute atomic E-state index is 0.181. The molecule has 1 aromatic carbocycles. The molecule has 2 aromatic rings. The Balaban J connectivity index is 2.50. The molecule has 2 amide bonds. The van der Waals surface area contributed by atoms with Crippen LogP contribution in [0.15, 0.2) is 16.5 Å². The molecule has 0 fully saturated rings. The van der Waals surface area contributed by atoms with Crippen LogP contribution in [0, 0.1) is 11.6 Å². The van der Waals surface area contributed by atoms with Crippen molar-refractivity contribution in [1.29, 1.82) is 0 Å². The van der Waals surface area contributed by atoms with E-state index in [0.29, 0.717) is 6.07 Å². The molecule has 0 aliphatic carbocycles. The zero-order valence-electron chi connectivity index (χ0n) is 12.1. The van der Waals surface area contributed by atoms with E-state index in [1.807, 2.05) is 0 Å². The number of amides is 2. The molecule has 0 saturated carbocycles. The maximum Gasteiger partial charge on any atom is 0.303 e. The van der Waals surface area contributed by atoms with Crippen LogP contribution >= 0.6 is 0 Å². The van der Waals surface area contributed by atoms with Crippen LogP contribution in [0.2, 0.25) is 0 Å². The Morgan fingerprint density at radius 2 is 1.96 bits per heavy atom. The molecular formula is C14H12F2N2O5. The summed E-state index contributed by atoms with van der Waals surface area (Å²) >= 11 is 0. The molecule has 1 unspecified atom stereocenters. The fraction of sp³-hybridized carbons (Fsp3) is 0.214. The third-order valence-corrected chi connectivity index (χ3v) is 2.89. The second-order valence-electron chi connectivity index (χ2n) is 4.68. The Morgan fingerprint density at radius 1 is 1.30 bits per heavy atom. The predicted octanol–water partition coefficient (Wildman–Crippen LogP) is 1.70. The lowest BCUT2D eigenvalue weighted by Crippen LogP contribution is -2.30. The van der Waals surface area contributed by atoms with Crippen molar-refractivity contribution in [3.8, 4) is 0 Å². The highest BCUT2D eigenvalue weighted by atomic mass is 19.1. The first kappa shape index (κ1) is 16.4. The molecule has 1 atom stereocenters. The SMILES string of the molecule is CC(=O)OC(C)C(=O)Nc1c(C(N)=O)oc2c(F)cc(F)cc12. The van der Waals surface area contributed by atoms with E-state index in [4.69, 9.17) is 10.2 Å². The van der Waals surface area contributed by atoms with Crippen LogP contribution in [0.1, 0.15) is 24.4 Å². The Labute approximate surface area is 128 Å². The standard InChI is InChI=1S/C14H12F2N2O5/c1-5(22-6(2)19)14(21)18-10-8-3-7(15)4-9(16)11(8)23-12(10)13(17)20/h3-5H,1-2H3,(H2,17,20)(H,18,21). The maximum atomic E-state index is 13.7. The summed E-state index contributed by atoms with van der Waals surface area (Å²) in [5.41, 5.74) is 4.38. The van der Waals surface area contributed by atoms with E-state index in [1.165, 1.54) is 6.92 Å². The first-order valence-electron chi connectivity index (χ1n) is 6.40. The largest absolute Gasteiger partial charge is 0.453 e. The first-order valence-corrected chi connectivity index (χ1v) is 6.40. The van der Waals surface area contributed by atoms with Gasteiger partial charge in [0.2, 0.25) is 5.76 Å². The van der Waals surface area contributed by atoms with Gasteiger partial charge >= 0.3 is 5.97 Å². The van der Waals surface area contributed by atoms with Crippen molar-refractivity contribution in [2.24, 2.45) is 5.73 Å². The molecule has 1 aromatic heterocycles. The molecule has 23 heavy (non-hydrogen) atoms. The number of hydrogen-bond donors (Lipinski definition) is 2. The number of hydrogen-bond acceptors (Lipinski definition) is 5. The van der Waals surface area contributed by atoms with Gasteiger partial charge in [0.25, 0.3) is 11.8 Å². The third kappa shape index (κ3) is 3.28. The van der Waals surface area contributed by atoms with Gasteiger partial charge in [-0.25, -0.2) is 8.78 Å². The lowest BCUT2D eigenvalue weighted by Gasteiger charge is -2.11. The lowest BCUT2D eigenvalue weighted by molar-refractivity contribution is -0.150. The first-order chi connectivity index (χ1) is 10.7. The van der Waals surface area contributed by atoms with Gasteiger partial charge in [0, 0.05) is 13.0 Å². The summed E-state index contributed by atoms with van der Waals surface area (Å²) in [5, 5.41) is 2.05. The van der Waals surface area contributed by atoms with Crippen LogP contribution in [0.5, 0.6) is 0 Å². The number of halogens is 2. The number of anilines is 1. The minimum Gasteiger partial charge on any atom is -0.453 e. The van der Waals surface area contributed by atoms with Crippen molar-refractivity contribution in [2.75, 3.05) is 5.32 Å². The van der Waals surface area contributed by atoms with Gasteiger partial charge in [-0.15, -0.1) is 0 Å². The summed E-state index contributed by atoms with van der Waals surface area (Å²) in [4.78, 5) is 34.2.